The summed E-state index contributed by atoms with van der Waals surface area (Å²) in [4.78, 5) is 32.1. The van der Waals surface area contributed by atoms with Crippen molar-refractivity contribution in [1.82, 2.24) is 15.0 Å². The van der Waals surface area contributed by atoms with Gasteiger partial charge in [0.05, 0.1) is 28.1 Å². The van der Waals surface area contributed by atoms with Crippen molar-refractivity contribution in [1.29, 1.82) is 0 Å². The number of hydrogen-bond acceptors (Lipinski definition) is 5. The lowest BCUT2D eigenvalue weighted by atomic mass is 9.83. The Morgan fingerprint density at radius 1 is 0.547 bits per heavy atom. The molecule has 3 aromatic carbocycles. The maximum Gasteiger partial charge on any atom is 0.187 e. The summed E-state index contributed by atoms with van der Waals surface area (Å²) in [7, 11) is 0. The molecular weight excluding hydrogens is 793 g/mol. The SMILES string of the molecule is CCC1=C(CC)/C2=C/c3[nH]c(c(CC)c3CC)/C(=C3\C(=O)C=Cc4ccc(O)cc43)c3[nH]c(c(CC)c3CC)/C=c3\[nH]/c(c(CC)c3CC)=C(/c3c(O)ccc4ccc(O)cc34)C1=N2. The van der Waals surface area contributed by atoms with Crippen LogP contribution in [0.2, 0.25) is 0 Å². The van der Waals surface area contributed by atoms with Gasteiger partial charge in [-0.2, -0.15) is 0 Å². The minimum absolute atomic E-state index is 0.104. The van der Waals surface area contributed by atoms with Crippen molar-refractivity contribution in [3.05, 3.63) is 155 Å². The molecule has 8 heteroatoms. The number of aromatic hydroxyl groups is 3. The summed E-state index contributed by atoms with van der Waals surface area (Å²) in [6.45, 7) is 17.5. The Morgan fingerprint density at radius 3 is 1.77 bits per heavy atom. The van der Waals surface area contributed by atoms with Gasteiger partial charge in [0.15, 0.2) is 5.78 Å². The first-order chi connectivity index (χ1) is 31.0. The lowest BCUT2D eigenvalue weighted by Crippen LogP contribution is -2.22. The van der Waals surface area contributed by atoms with Crippen molar-refractivity contribution in [2.75, 3.05) is 0 Å². The molecule has 0 fully saturated rings. The van der Waals surface area contributed by atoms with Gasteiger partial charge in [-0.3, -0.25) is 4.79 Å². The summed E-state index contributed by atoms with van der Waals surface area (Å²) in [5.74, 6) is 0.223. The normalized spacial score (nSPS) is 18.1. The molecule has 8 bridgehead atoms. The number of ketones is 1. The Hall–Kier alpha value is -6.80. The highest BCUT2D eigenvalue weighted by Crippen LogP contribution is 2.45. The molecule has 0 atom stereocenters. The van der Waals surface area contributed by atoms with Crippen LogP contribution < -0.4 is 10.7 Å². The molecule has 2 aliphatic heterocycles. The number of phenolic OH excluding ortho intramolecular Hbond substituents is 3. The van der Waals surface area contributed by atoms with Gasteiger partial charge in [0.2, 0.25) is 0 Å². The van der Waals surface area contributed by atoms with Crippen LogP contribution in [0.15, 0.2) is 76.4 Å². The first-order valence-corrected chi connectivity index (χ1v) is 23.3. The van der Waals surface area contributed by atoms with Gasteiger partial charge in [0, 0.05) is 39.0 Å². The van der Waals surface area contributed by atoms with E-state index in [-0.39, 0.29) is 23.0 Å². The van der Waals surface area contributed by atoms with E-state index >= 15 is 0 Å². The maximum atomic E-state index is 14.6. The molecule has 0 saturated carbocycles. The number of fused-ring (bicyclic) bond motifs is 9. The van der Waals surface area contributed by atoms with E-state index in [1.165, 1.54) is 11.1 Å². The minimum Gasteiger partial charge on any atom is -0.508 e. The predicted molar refractivity (Wildman–Crippen MR) is 262 cm³/mol. The average Bonchev–Trinajstić information content (AvgIpc) is 4.04. The Labute approximate surface area is 374 Å². The number of phenols is 3. The van der Waals surface area contributed by atoms with Crippen molar-refractivity contribution in [3.63, 3.8) is 0 Å². The number of aliphatic imine (C=N–C) groups is 1. The Morgan fingerprint density at radius 2 is 1.14 bits per heavy atom. The first-order valence-electron chi connectivity index (χ1n) is 23.3. The van der Waals surface area contributed by atoms with Crippen LogP contribution in [-0.2, 0) is 43.3 Å². The molecule has 3 aliphatic rings. The number of carbonyl (C=O) groups excluding carboxylic acids is 1. The van der Waals surface area contributed by atoms with Crippen LogP contribution in [0.3, 0.4) is 0 Å². The van der Waals surface area contributed by atoms with Crippen LogP contribution in [0.25, 0.3) is 45.7 Å². The van der Waals surface area contributed by atoms with Gasteiger partial charge >= 0.3 is 0 Å². The zero-order valence-corrected chi connectivity index (χ0v) is 38.3. The lowest BCUT2D eigenvalue weighted by Gasteiger charge is -2.20. The molecule has 0 saturated heterocycles. The standard InChI is InChI=1S/C56H58N4O4/c1-9-33-37(13-5)53-51(49-41-25-31(61)21-17-29(41)19-23-47(49)63)54-39(15-7)35(11-3)45(59-54)28-46-36(12-4)40(16-8)56(60-46)52(50-42-26-32(62)22-18-30(42)20-24-48(50)64)55-38(14-6)34(10-2)44(58-55)27-43(33)57-53/h17-28,57-59,61-62,64H,9-16H2,1-8H3/b44-27-,46-28-,51-49-,55-52-. The Bertz CT molecular complexity index is 3240. The Kier molecular flexibility index (Phi) is 11.1. The number of nitrogens with zero attached hydrogens (tertiary/aromatic N) is 1. The van der Waals surface area contributed by atoms with Crippen LogP contribution >= 0.6 is 0 Å². The summed E-state index contributed by atoms with van der Waals surface area (Å²) in [6.07, 6.45) is 13.8. The number of rotatable bonds is 9. The van der Waals surface area contributed by atoms with Crippen LogP contribution in [0.5, 0.6) is 17.2 Å². The number of nitrogens with one attached hydrogen (secondary N) is 3. The fourth-order valence-corrected chi connectivity index (χ4v) is 11.0. The third-order valence-corrected chi connectivity index (χ3v) is 13.8. The van der Waals surface area contributed by atoms with E-state index < -0.39 is 0 Å². The molecule has 8 nitrogen and oxygen atoms in total. The molecule has 1 aliphatic carbocycles. The summed E-state index contributed by atoms with van der Waals surface area (Å²) >= 11 is 0. The summed E-state index contributed by atoms with van der Waals surface area (Å²) in [6, 6.07) is 14.3. The van der Waals surface area contributed by atoms with Crippen molar-refractivity contribution in [3.8, 4) is 17.2 Å². The fraction of sp³-hybridized carbons (Fsp3) is 0.286. The average molecular weight is 851 g/mol. The van der Waals surface area contributed by atoms with Crippen LogP contribution in [0.1, 0.15) is 141 Å². The van der Waals surface area contributed by atoms with Gasteiger partial charge in [-0.05, 0) is 166 Å². The molecule has 6 N–H and O–H groups in total. The highest BCUT2D eigenvalue weighted by atomic mass is 16.3. The third kappa shape index (κ3) is 6.56. The minimum atomic E-state index is -0.117. The van der Waals surface area contributed by atoms with E-state index in [4.69, 9.17) is 4.99 Å². The summed E-state index contributed by atoms with van der Waals surface area (Å²) in [5, 5.41) is 37.5. The van der Waals surface area contributed by atoms with Crippen molar-refractivity contribution >= 4 is 57.2 Å². The number of benzene rings is 3. The second kappa shape index (κ2) is 16.7. The zero-order valence-electron chi connectivity index (χ0n) is 38.3. The fourth-order valence-electron chi connectivity index (χ4n) is 11.0. The molecule has 0 unspecified atom stereocenters. The molecule has 6 aromatic rings. The molecule has 0 amide bonds. The van der Waals surface area contributed by atoms with E-state index in [0.717, 1.165) is 144 Å². The van der Waals surface area contributed by atoms with Crippen molar-refractivity contribution in [2.45, 2.75) is 107 Å². The number of aromatic amines is 3. The molecule has 0 radical (unpaired) electrons. The van der Waals surface area contributed by atoms with Crippen LogP contribution in [-0.4, -0.2) is 41.8 Å². The van der Waals surface area contributed by atoms with E-state index in [1.807, 2.05) is 24.3 Å². The summed E-state index contributed by atoms with van der Waals surface area (Å²) in [5.41, 5.74) is 18.9. The molecule has 5 heterocycles. The van der Waals surface area contributed by atoms with Gasteiger partial charge < -0.3 is 30.3 Å². The van der Waals surface area contributed by atoms with Gasteiger partial charge in [-0.15, -0.1) is 0 Å². The largest absolute Gasteiger partial charge is 0.508 e. The number of H-pyrrole nitrogens is 3. The van der Waals surface area contributed by atoms with Crippen molar-refractivity contribution in [2.24, 2.45) is 4.99 Å². The number of allylic oxidation sites excluding steroid dienone is 4. The van der Waals surface area contributed by atoms with Crippen molar-refractivity contribution < 1.29 is 20.1 Å². The quantitative estimate of drug-likeness (QED) is 0.0807. The lowest BCUT2D eigenvalue weighted by molar-refractivity contribution is -0.109. The monoisotopic (exact) mass is 850 g/mol. The third-order valence-electron chi connectivity index (χ3n) is 13.8. The molecule has 326 valence electrons. The summed E-state index contributed by atoms with van der Waals surface area (Å²) < 4.78 is 0. The first kappa shape index (κ1) is 42.5. The number of carbonyl (C=O) groups is 1. The second-order valence-corrected chi connectivity index (χ2v) is 17.0. The predicted octanol–water partition coefficient (Wildman–Crippen LogP) is 10.8. The van der Waals surface area contributed by atoms with Gasteiger partial charge in [0.1, 0.15) is 17.2 Å². The van der Waals surface area contributed by atoms with E-state index in [1.54, 1.807) is 36.4 Å². The van der Waals surface area contributed by atoms with Gasteiger partial charge in [0.25, 0.3) is 0 Å². The topological polar surface area (TPSA) is 137 Å². The molecule has 3 aromatic heterocycles. The van der Waals surface area contributed by atoms with E-state index in [0.29, 0.717) is 29.5 Å². The zero-order chi connectivity index (χ0) is 45.1. The van der Waals surface area contributed by atoms with Crippen LogP contribution in [0.4, 0.5) is 0 Å². The highest BCUT2D eigenvalue weighted by Gasteiger charge is 2.33. The number of aromatic nitrogens is 3. The number of hydrogen-bond donors (Lipinski definition) is 6. The molecule has 64 heavy (non-hydrogen) atoms. The Balaban J connectivity index is 1.55. The highest BCUT2D eigenvalue weighted by molar-refractivity contribution is 6.37. The van der Waals surface area contributed by atoms with Crippen LogP contribution in [0, 0.1) is 0 Å². The van der Waals surface area contributed by atoms with E-state index in [9.17, 15) is 20.1 Å². The molecule has 9 rings (SSSR count). The molecular formula is C56H58N4O4. The van der Waals surface area contributed by atoms with E-state index in [2.05, 4.69) is 82.5 Å². The van der Waals surface area contributed by atoms with Gasteiger partial charge in [-0.25, -0.2) is 4.99 Å². The second-order valence-electron chi connectivity index (χ2n) is 17.0. The maximum absolute atomic E-state index is 14.6. The smallest absolute Gasteiger partial charge is 0.187 e. The van der Waals surface area contributed by atoms with Gasteiger partial charge in [-0.1, -0.05) is 79.7 Å². The molecule has 0 spiro atoms.